The summed E-state index contributed by atoms with van der Waals surface area (Å²) in [5.41, 5.74) is 2.70. The molecule has 148 valence electrons. The van der Waals surface area contributed by atoms with E-state index in [0.29, 0.717) is 38.3 Å². The Morgan fingerprint density at radius 1 is 1.11 bits per heavy atom. The second-order valence-corrected chi connectivity index (χ2v) is 6.80. The summed E-state index contributed by atoms with van der Waals surface area (Å²) < 4.78 is 5.18. The number of hydrogen-bond donors (Lipinski definition) is 1. The number of methoxy groups -OCH3 is 1. The van der Waals surface area contributed by atoms with Gasteiger partial charge in [0.2, 0.25) is 0 Å². The maximum absolute atomic E-state index is 13.0. The lowest BCUT2D eigenvalue weighted by Gasteiger charge is -2.23. The predicted octanol–water partition coefficient (Wildman–Crippen LogP) is 2.94. The van der Waals surface area contributed by atoms with Crippen molar-refractivity contribution in [3.63, 3.8) is 0 Å². The largest absolute Gasteiger partial charge is 0.383 e. The first-order valence-corrected chi connectivity index (χ1v) is 9.66. The first kappa shape index (κ1) is 19.9. The highest BCUT2D eigenvalue weighted by atomic mass is 16.5. The lowest BCUT2D eigenvalue weighted by atomic mass is 10.1. The topological polar surface area (TPSA) is 61.9 Å². The van der Waals surface area contributed by atoms with Crippen LogP contribution in [0.4, 0.5) is 10.5 Å². The molecule has 1 heterocycles. The Balaban J connectivity index is 1.62. The van der Waals surface area contributed by atoms with Gasteiger partial charge in [-0.05, 0) is 42.7 Å². The number of amides is 3. The van der Waals surface area contributed by atoms with Crippen LogP contribution in [0.3, 0.4) is 0 Å². The molecular formula is C22H27N3O3. The molecular weight excluding hydrogens is 354 g/mol. The zero-order chi connectivity index (χ0) is 19.8. The van der Waals surface area contributed by atoms with E-state index in [1.165, 1.54) is 5.56 Å². The molecule has 3 rings (SSSR count). The highest BCUT2D eigenvalue weighted by molar-refractivity contribution is 5.97. The number of carbonyl (C=O) groups excluding carboxylic acids is 2. The Morgan fingerprint density at radius 2 is 1.86 bits per heavy atom. The molecule has 1 saturated heterocycles. The minimum atomic E-state index is -0.0956. The first-order valence-electron chi connectivity index (χ1n) is 9.66. The van der Waals surface area contributed by atoms with Crippen LogP contribution in [-0.4, -0.2) is 56.7 Å². The van der Waals surface area contributed by atoms with E-state index < -0.39 is 0 Å². The monoisotopic (exact) mass is 381 g/mol. The zero-order valence-corrected chi connectivity index (χ0v) is 16.3. The summed E-state index contributed by atoms with van der Waals surface area (Å²) in [4.78, 5) is 28.3. The van der Waals surface area contributed by atoms with Gasteiger partial charge >= 0.3 is 6.03 Å². The summed E-state index contributed by atoms with van der Waals surface area (Å²) in [5.74, 6) is -0.0115. The van der Waals surface area contributed by atoms with E-state index in [1.54, 1.807) is 24.1 Å². The molecule has 28 heavy (non-hydrogen) atoms. The van der Waals surface area contributed by atoms with E-state index in [0.717, 1.165) is 18.5 Å². The van der Waals surface area contributed by atoms with Crippen LogP contribution in [0, 0.1) is 0 Å². The molecule has 1 N–H and O–H groups in total. The van der Waals surface area contributed by atoms with Crippen molar-refractivity contribution >= 4 is 17.6 Å². The Labute approximate surface area is 166 Å². The molecule has 0 spiro atoms. The van der Waals surface area contributed by atoms with Gasteiger partial charge in [0.1, 0.15) is 0 Å². The first-order chi connectivity index (χ1) is 13.7. The van der Waals surface area contributed by atoms with E-state index in [2.05, 4.69) is 17.4 Å². The van der Waals surface area contributed by atoms with E-state index in [-0.39, 0.29) is 11.9 Å². The molecule has 0 bridgehead atoms. The molecule has 1 aliphatic rings. The number of anilines is 1. The van der Waals surface area contributed by atoms with Gasteiger partial charge in [0, 0.05) is 44.5 Å². The number of urea groups is 1. The third-order valence-corrected chi connectivity index (χ3v) is 4.87. The Bertz CT molecular complexity index is 777. The van der Waals surface area contributed by atoms with Crippen LogP contribution in [0.5, 0.6) is 0 Å². The Morgan fingerprint density at radius 3 is 2.50 bits per heavy atom. The summed E-state index contributed by atoms with van der Waals surface area (Å²) in [6, 6.07) is 17.4. The number of benzene rings is 2. The van der Waals surface area contributed by atoms with Crippen molar-refractivity contribution in [1.82, 2.24) is 10.2 Å². The second-order valence-electron chi connectivity index (χ2n) is 6.80. The van der Waals surface area contributed by atoms with Crippen molar-refractivity contribution < 1.29 is 14.3 Å². The number of aryl methyl sites for hydroxylation is 1. The van der Waals surface area contributed by atoms with Gasteiger partial charge in [0.15, 0.2) is 0 Å². The zero-order valence-electron chi connectivity index (χ0n) is 16.3. The van der Waals surface area contributed by atoms with Gasteiger partial charge in [-0.15, -0.1) is 0 Å². The summed E-state index contributed by atoms with van der Waals surface area (Å²) in [5, 5.41) is 2.78. The highest BCUT2D eigenvalue weighted by Gasteiger charge is 2.22. The number of rotatable bonds is 9. The molecule has 2 aromatic rings. The van der Waals surface area contributed by atoms with Gasteiger partial charge in [-0.3, -0.25) is 9.69 Å². The number of ether oxygens (including phenoxy) is 1. The number of hydrogen-bond acceptors (Lipinski definition) is 3. The summed E-state index contributed by atoms with van der Waals surface area (Å²) >= 11 is 0. The molecule has 0 unspecified atom stereocenters. The van der Waals surface area contributed by atoms with Crippen LogP contribution in [0.25, 0.3) is 0 Å². The lowest BCUT2D eigenvalue weighted by molar-refractivity contribution is 0.0693. The molecule has 6 heteroatoms. The van der Waals surface area contributed by atoms with Crippen LogP contribution < -0.4 is 10.2 Å². The van der Waals surface area contributed by atoms with Gasteiger partial charge in [0.25, 0.3) is 5.91 Å². The molecule has 1 aliphatic heterocycles. The van der Waals surface area contributed by atoms with Crippen LogP contribution in [-0.2, 0) is 11.2 Å². The van der Waals surface area contributed by atoms with Gasteiger partial charge in [-0.25, -0.2) is 4.79 Å². The SMILES string of the molecule is COCCN(CCCc1ccccc1)C(=O)c1ccc(N2CCNC2=O)cc1. The highest BCUT2D eigenvalue weighted by Crippen LogP contribution is 2.18. The second kappa shape index (κ2) is 9.90. The van der Waals surface area contributed by atoms with Crippen LogP contribution in [0.1, 0.15) is 22.3 Å². The number of nitrogens with zero attached hydrogens (tertiary/aromatic N) is 2. The quantitative estimate of drug-likeness (QED) is 0.726. The standard InChI is InChI=1S/C22H27N3O3/c1-28-17-16-24(14-5-8-18-6-3-2-4-7-18)21(26)19-9-11-20(12-10-19)25-15-13-23-22(25)27/h2-4,6-7,9-12H,5,8,13-17H2,1H3,(H,23,27). The molecule has 0 aromatic heterocycles. The minimum Gasteiger partial charge on any atom is -0.383 e. The lowest BCUT2D eigenvalue weighted by Crippen LogP contribution is -2.35. The molecule has 6 nitrogen and oxygen atoms in total. The summed E-state index contributed by atoms with van der Waals surface area (Å²) in [6.45, 7) is 3.02. The summed E-state index contributed by atoms with van der Waals surface area (Å²) in [7, 11) is 1.64. The van der Waals surface area contributed by atoms with Gasteiger partial charge in [-0.2, -0.15) is 0 Å². The normalized spacial score (nSPS) is 13.5. The smallest absolute Gasteiger partial charge is 0.321 e. The van der Waals surface area contributed by atoms with E-state index in [9.17, 15) is 9.59 Å². The Kier molecular flexibility index (Phi) is 7.03. The average Bonchev–Trinajstić information content (AvgIpc) is 3.17. The number of nitrogens with one attached hydrogen (secondary N) is 1. The molecule has 0 aliphatic carbocycles. The fourth-order valence-corrected chi connectivity index (χ4v) is 3.32. The van der Waals surface area contributed by atoms with Gasteiger partial charge in [0.05, 0.1) is 6.61 Å². The van der Waals surface area contributed by atoms with Crippen LogP contribution in [0.15, 0.2) is 54.6 Å². The van der Waals surface area contributed by atoms with Crippen molar-refractivity contribution in [2.45, 2.75) is 12.8 Å². The maximum Gasteiger partial charge on any atom is 0.321 e. The molecule has 0 saturated carbocycles. The third-order valence-electron chi connectivity index (χ3n) is 4.87. The average molecular weight is 381 g/mol. The maximum atomic E-state index is 13.0. The van der Waals surface area contributed by atoms with E-state index >= 15 is 0 Å². The third kappa shape index (κ3) is 5.10. The fourth-order valence-electron chi connectivity index (χ4n) is 3.32. The van der Waals surface area contributed by atoms with E-state index in [4.69, 9.17) is 4.74 Å². The van der Waals surface area contributed by atoms with Crippen LogP contribution >= 0.6 is 0 Å². The molecule has 2 aromatic carbocycles. The minimum absolute atomic E-state index is 0.0115. The molecule has 0 atom stereocenters. The van der Waals surface area contributed by atoms with Crippen molar-refractivity contribution in [1.29, 1.82) is 0 Å². The molecule has 3 amide bonds. The molecule has 0 radical (unpaired) electrons. The van der Waals surface area contributed by atoms with E-state index in [1.807, 2.05) is 35.2 Å². The Hall–Kier alpha value is -2.86. The van der Waals surface area contributed by atoms with Crippen molar-refractivity contribution in [2.75, 3.05) is 44.8 Å². The van der Waals surface area contributed by atoms with Crippen molar-refractivity contribution in [3.8, 4) is 0 Å². The fraction of sp³-hybridized carbons (Fsp3) is 0.364. The van der Waals surface area contributed by atoms with Crippen molar-refractivity contribution in [2.24, 2.45) is 0 Å². The number of carbonyl (C=O) groups is 2. The summed E-state index contributed by atoms with van der Waals surface area (Å²) in [6.07, 6.45) is 1.83. The van der Waals surface area contributed by atoms with Crippen LogP contribution in [0.2, 0.25) is 0 Å². The van der Waals surface area contributed by atoms with Gasteiger partial charge in [-0.1, -0.05) is 30.3 Å². The molecule has 1 fully saturated rings. The van der Waals surface area contributed by atoms with Gasteiger partial charge < -0.3 is 15.0 Å². The predicted molar refractivity (Wildman–Crippen MR) is 110 cm³/mol. The van der Waals surface area contributed by atoms with Crippen molar-refractivity contribution in [3.05, 3.63) is 65.7 Å².